The predicted molar refractivity (Wildman–Crippen MR) is 78.6 cm³/mol. The summed E-state index contributed by atoms with van der Waals surface area (Å²) in [7, 11) is 2.24. The lowest BCUT2D eigenvalue weighted by Gasteiger charge is -2.27. The van der Waals surface area contributed by atoms with E-state index in [0.29, 0.717) is 0 Å². The topological polar surface area (TPSA) is 29.3 Å². The zero-order valence-electron chi connectivity index (χ0n) is 11.6. The number of benzene rings is 1. The fraction of sp³-hybridized carbons (Fsp3) is 0.625. The molecule has 18 heavy (non-hydrogen) atoms. The van der Waals surface area contributed by atoms with Crippen molar-refractivity contribution in [3.8, 4) is 0 Å². The fourth-order valence-corrected chi connectivity index (χ4v) is 2.97. The predicted octanol–water partition coefficient (Wildman–Crippen LogP) is 3.32. The third-order valence-corrected chi connectivity index (χ3v) is 4.11. The van der Waals surface area contributed by atoms with Crippen molar-refractivity contribution in [1.82, 2.24) is 4.90 Å². The molecule has 0 aromatic heterocycles. The Labute approximate surface area is 111 Å². The van der Waals surface area contributed by atoms with E-state index in [0.717, 1.165) is 24.6 Å². The van der Waals surface area contributed by atoms with Crippen molar-refractivity contribution in [2.75, 3.05) is 25.9 Å². The van der Waals surface area contributed by atoms with Gasteiger partial charge in [-0.25, -0.2) is 0 Å². The van der Waals surface area contributed by atoms with Gasteiger partial charge in [-0.3, -0.25) is 0 Å². The average Bonchev–Trinajstić information content (AvgIpc) is 2.39. The van der Waals surface area contributed by atoms with E-state index in [1.807, 2.05) is 12.1 Å². The van der Waals surface area contributed by atoms with Crippen molar-refractivity contribution >= 4 is 5.69 Å². The smallest absolute Gasteiger partial charge is 0.0347 e. The largest absolute Gasteiger partial charge is 0.399 e. The van der Waals surface area contributed by atoms with Gasteiger partial charge in [0.1, 0.15) is 0 Å². The van der Waals surface area contributed by atoms with E-state index < -0.39 is 0 Å². The highest BCUT2D eigenvalue weighted by atomic mass is 15.1. The molecule has 2 heteroatoms. The normalized spacial score (nSPS) is 17.2. The highest BCUT2D eigenvalue weighted by Gasteiger charge is 2.15. The quantitative estimate of drug-likeness (QED) is 0.808. The Morgan fingerprint density at radius 2 is 1.89 bits per heavy atom. The second-order valence-corrected chi connectivity index (χ2v) is 5.72. The van der Waals surface area contributed by atoms with Crippen molar-refractivity contribution in [3.63, 3.8) is 0 Å². The van der Waals surface area contributed by atoms with E-state index in [-0.39, 0.29) is 0 Å². The van der Waals surface area contributed by atoms with Crippen LogP contribution in [-0.4, -0.2) is 25.0 Å². The standard InChI is InChI=1S/C16H26N2/c1-18(13-14-7-3-2-4-8-14)12-11-15-9-5-6-10-16(15)17/h5-6,9-10,14H,2-4,7-8,11-13,17H2,1H3. The average molecular weight is 246 g/mol. The number of hydrogen-bond acceptors (Lipinski definition) is 2. The first-order valence-corrected chi connectivity index (χ1v) is 7.27. The lowest BCUT2D eigenvalue weighted by molar-refractivity contribution is 0.235. The minimum Gasteiger partial charge on any atom is -0.399 e. The molecule has 0 heterocycles. The third-order valence-electron chi connectivity index (χ3n) is 4.11. The minimum atomic E-state index is 0.928. The van der Waals surface area contributed by atoms with Crippen LogP contribution in [0.25, 0.3) is 0 Å². The maximum absolute atomic E-state index is 5.97. The van der Waals surface area contributed by atoms with E-state index in [1.54, 1.807) is 0 Å². The first-order valence-electron chi connectivity index (χ1n) is 7.27. The van der Waals surface area contributed by atoms with E-state index in [4.69, 9.17) is 5.73 Å². The van der Waals surface area contributed by atoms with Crippen molar-refractivity contribution in [2.24, 2.45) is 5.92 Å². The molecule has 2 rings (SSSR count). The van der Waals surface area contributed by atoms with E-state index >= 15 is 0 Å². The Morgan fingerprint density at radius 3 is 2.61 bits per heavy atom. The number of nitrogen functional groups attached to an aromatic ring is 1. The van der Waals surface area contributed by atoms with Gasteiger partial charge in [0.05, 0.1) is 0 Å². The van der Waals surface area contributed by atoms with E-state index in [9.17, 15) is 0 Å². The Balaban J connectivity index is 1.74. The molecule has 0 amide bonds. The molecule has 1 aliphatic rings. The van der Waals surface area contributed by atoms with Crippen LogP contribution in [0, 0.1) is 5.92 Å². The van der Waals surface area contributed by atoms with Crippen LogP contribution in [0.15, 0.2) is 24.3 Å². The molecule has 0 atom stereocenters. The summed E-state index contributed by atoms with van der Waals surface area (Å²) in [5.41, 5.74) is 8.19. The molecule has 0 aliphatic heterocycles. The summed E-state index contributed by atoms with van der Waals surface area (Å²) < 4.78 is 0. The molecule has 1 aliphatic carbocycles. The Morgan fingerprint density at radius 1 is 1.17 bits per heavy atom. The van der Waals surface area contributed by atoms with Crippen LogP contribution in [0.4, 0.5) is 5.69 Å². The Hall–Kier alpha value is -1.02. The van der Waals surface area contributed by atoms with Crippen LogP contribution in [-0.2, 0) is 6.42 Å². The molecule has 0 unspecified atom stereocenters. The van der Waals surface area contributed by atoms with Crippen LogP contribution in [0.1, 0.15) is 37.7 Å². The number of likely N-dealkylation sites (N-methyl/N-ethyl adjacent to an activating group) is 1. The Kier molecular flexibility index (Phi) is 5.06. The second-order valence-electron chi connectivity index (χ2n) is 5.72. The number of nitrogens with two attached hydrogens (primary N) is 1. The maximum atomic E-state index is 5.97. The monoisotopic (exact) mass is 246 g/mol. The summed E-state index contributed by atoms with van der Waals surface area (Å²) in [6, 6.07) is 8.22. The van der Waals surface area contributed by atoms with Crippen LogP contribution >= 0.6 is 0 Å². The highest BCUT2D eigenvalue weighted by molar-refractivity contribution is 5.46. The number of para-hydroxylation sites is 1. The first kappa shape index (κ1) is 13.4. The number of anilines is 1. The zero-order valence-corrected chi connectivity index (χ0v) is 11.6. The summed E-state index contributed by atoms with van der Waals surface area (Å²) in [5.74, 6) is 0.928. The number of rotatable bonds is 5. The number of nitrogens with zero attached hydrogens (tertiary/aromatic N) is 1. The molecule has 0 radical (unpaired) electrons. The van der Waals surface area contributed by atoms with Gasteiger partial charge in [-0.2, -0.15) is 0 Å². The van der Waals surface area contributed by atoms with Crippen LogP contribution < -0.4 is 5.73 Å². The SMILES string of the molecule is CN(CCc1ccccc1N)CC1CCCCC1. The molecule has 0 saturated heterocycles. The molecule has 1 aromatic rings. The first-order chi connectivity index (χ1) is 8.75. The van der Waals surface area contributed by atoms with Gasteiger partial charge in [-0.1, -0.05) is 37.5 Å². The van der Waals surface area contributed by atoms with Crippen LogP contribution in [0.2, 0.25) is 0 Å². The number of hydrogen-bond donors (Lipinski definition) is 1. The molecule has 0 spiro atoms. The molecule has 100 valence electrons. The summed E-state index contributed by atoms with van der Waals surface area (Å²) in [4.78, 5) is 2.47. The Bertz CT molecular complexity index is 356. The summed E-state index contributed by atoms with van der Waals surface area (Å²) in [6.07, 6.45) is 8.24. The fourth-order valence-electron chi connectivity index (χ4n) is 2.97. The van der Waals surface area contributed by atoms with Gasteiger partial charge in [0.2, 0.25) is 0 Å². The minimum absolute atomic E-state index is 0.928. The molecular formula is C16H26N2. The lowest BCUT2D eigenvalue weighted by Crippen LogP contribution is -2.29. The zero-order chi connectivity index (χ0) is 12.8. The lowest BCUT2D eigenvalue weighted by atomic mass is 9.89. The second kappa shape index (κ2) is 6.79. The third kappa shape index (κ3) is 4.02. The molecule has 0 bridgehead atoms. The van der Waals surface area contributed by atoms with Crippen molar-refractivity contribution in [3.05, 3.63) is 29.8 Å². The molecule has 1 aromatic carbocycles. The summed E-state index contributed by atoms with van der Waals surface area (Å²) >= 11 is 0. The van der Waals surface area contributed by atoms with Gasteiger partial charge < -0.3 is 10.6 Å². The molecule has 1 saturated carbocycles. The van der Waals surface area contributed by atoms with Gasteiger partial charge in [-0.05, 0) is 43.9 Å². The maximum Gasteiger partial charge on any atom is 0.0347 e. The van der Waals surface area contributed by atoms with Crippen molar-refractivity contribution < 1.29 is 0 Å². The van der Waals surface area contributed by atoms with Crippen molar-refractivity contribution in [1.29, 1.82) is 0 Å². The molecule has 2 nitrogen and oxygen atoms in total. The molecule has 1 fully saturated rings. The van der Waals surface area contributed by atoms with Crippen LogP contribution in [0.5, 0.6) is 0 Å². The van der Waals surface area contributed by atoms with Gasteiger partial charge in [0.15, 0.2) is 0 Å². The van der Waals surface area contributed by atoms with Crippen molar-refractivity contribution in [2.45, 2.75) is 38.5 Å². The van der Waals surface area contributed by atoms with E-state index in [1.165, 1.54) is 44.2 Å². The highest BCUT2D eigenvalue weighted by Crippen LogP contribution is 2.24. The van der Waals surface area contributed by atoms with E-state index in [2.05, 4.69) is 24.1 Å². The van der Waals surface area contributed by atoms with Crippen LogP contribution in [0.3, 0.4) is 0 Å². The summed E-state index contributed by atoms with van der Waals surface area (Å²) in [6.45, 7) is 2.37. The summed E-state index contributed by atoms with van der Waals surface area (Å²) in [5, 5.41) is 0. The molecule has 2 N–H and O–H groups in total. The van der Waals surface area contributed by atoms with Gasteiger partial charge in [0, 0.05) is 18.8 Å². The van der Waals surface area contributed by atoms with Gasteiger partial charge in [0.25, 0.3) is 0 Å². The van der Waals surface area contributed by atoms with Gasteiger partial charge in [-0.15, -0.1) is 0 Å². The molecular weight excluding hydrogens is 220 g/mol. The van der Waals surface area contributed by atoms with Gasteiger partial charge >= 0.3 is 0 Å².